The van der Waals surface area contributed by atoms with Crippen molar-refractivity contribution in [2.24, 2.45) is 0 Å². The Balaban J connectivity index is 1.13. The van der Waals surface area contributed by atoms with Gasteiger partial charge in [-0.05, 0) is 131 Å². The number of thiophene rings is 2. The molecule has 10 aromatic carbocycles. The van der Waals surface area contributed by atoms with E-state index < -0.39 is 0 Å². The molecular formula is C66H47N3S2. The molecule has 0 aliphatic heterocycles. The molecule has 0 atom stereocenters. The molecule has 0 aliphatic rings. The zero-order valence-corrected chi connectivity index (χ0v) is 41.1. The van der Waals surface area contributed by atoms with Crippen LogP contribution in [0, 0.1) is 13.8 Å². The van der Waals surface area contributed by atoms with Crippen molar-refractivity contribution in [1.29, 1.82) is 0 Å². The van der Waals surface area contributed by atoms with Crippen molar-refractivity contribution in [2.75, 3.05) is 9.80 Å². The predicted octanol–water partition coefficient (Wildman–Crippen LogP) is 20.0. The summed E-state index contributed by atoms with van der Waals surface area (Å²) in [5, 5.41) is 8.59. The molecule has 0 unspecified atom stereocenters. The van der Waals surface area contributed by atoms with Gasteiger partial charge in [0.1, 0.15) is 4.83 Å². The highest BCUT2D eigenvalue weighted by molar-refractivity contribution is 7.26. The average Bonchev–Trinajstić information content (AvgIpc) is 4.10. The van der Waals surface area contributed by atoms with Crippen LogP contribution in [0.3, 0.4) is 0 Å². The van der Waals surface area contributed by atoms with E-state index >= 15 is 0 Å². The number of fused-ring (bicyclic) bond motifs is 9. The van der Waals surface area contributed by atoms with E-state index in [1.807, 2.05) is 34.8 Å². The zero-order chi connectivity index (χ0) is 47.7. The van der Waals surface area contributed by atoms with Crippen molar-refractivity contribution in [3.05, 3.63) is 248 Å². The number of rotatable bonds is 10. The lowest BCUT2D eigenvalue weighted by Gasteiger charge is -2.28. The first-order chi connectivity index (χ1) is 34.9. The van der Waals surface area contributed by atoms with Crippen molar-refractivity contribution in [1.82, 2.24) is 4.57 Å². The highest BCUT2D eigenvalue weighted by atomic mass is 32.1. The quantitative estimate of drug-likeness (QED) is 0.135. The van der Waals surface area contributed by atoms with Crippen LogP contribution in [0.1, 0.15) is 22.3 Å². The molecule has 0 saturated carbocycles. The first kappa shape index (κ1) is 42.6. The monoisotopic (exact) mass is 945 g/mol. The van der Waals surface area contributed by atoms with Gasteiger partial charge in [0.05, 0.1) is 27.3 Å². The van der Waals surface area contributed by atoms with Gasteiger partial charge in [0, 0.05) is 64.5 Å². The fourth-order valence-corrected chi connectivity index (χ4v) is 13.1. The molecule has 338 valence electrons. The number of benzene rings is 10. The van der Waals surface area contributed by atoms with Crippen molar-refractivity contribution in [2.45, 2.75) is 13.8 Å². The smallest absolute Gasteiger partial charge is 0.109 e. The predicted molar refractivity (Wildman–Crippen MR) is 311 cm³/mol. The number of aryl methyl sites for hydroxylation is 2. The van der Waals surface area contributed by atoms with Crippen LogP contribution in [0.4, 0.5) is 34.1 Å². The molecule has 0 bridgehead atoms. The minimum Gasteiger partial charge on any atom is -0.309 e. The first-order valence-corrected chi connectivity index (χ1v) is 25.7. The van der Waals surface area contributed by atoms with Gasteiger partial charge in [-0.3, -0.25) is 4.57 Å². The lowest BCUT2D eigenvalue weighted by atomic mass is 9.95. The number of hydrogen-bond acceptors (Lipinski definition) is 4. The average molecular weight is 946 g/mol. The molecule has 71 heavy (non-hydrogen) atoms. The zero-order valence-electron chi connectivity index (χ0n) is 39.4. The summed E-state index contributed by atoms with van der Waals surface area (Å²) in [5.74, 6) is 0. The molecule has 0 radical (unpaired) electrons. The lowest BCUT2D eigenvalue weighted by molar-refractivity contribution is 1.19. The van der Waals surface area contributed by atoms with Crippen molar-refractivity contribution in [3.63, 3.8) is 0 Å². The highest BCUT2D eigenvalue weighted by Crippen LogP contribution is 2.52. The maximum atomic E-state index is 4.05. The van der Waals surface area contributed by atoms with E-state index in [0.29, 0.717) is 0 Å². The minimum atomic E-state index is 1.07. The fraction of sp³-hybridized carbons (Fsp3) is 0.0303. The van der Waals surface area contributed by atoms with Gasteiger partial charge in [-0.2, -0.15) is 0 Å². The van der Waals surface area contributed by atoms with Crippen LogP contribution in [0.5, 0.6) is 0 Å². The third-order valence-electron chi connectivity index (χ3n) is 14.2. The van der Waals surface area contributed by atoms with Crippen molar-refractivity contribution in [3.8, 4) is 16.8 Å². The molecular weight excluding hydrogens is 899 g/mol. The summed E-state index contributed by atoms with van der Waals surface area (Å²) in [6.07, 6.45) is 3.80. The van der Waals surface area contributed by atoms with Gasteiger partial charge >= 0.3 is 0 Å². The van der Waals surface area contributed by atoms with Gasteiger partial charge in [-0.1, -0.05) is 159 Å². The summed E-state index contributed by atoms with van der Waals surface area (Å²) in [7, 11) is 0. The van der Waals surface area contributed by atoms with E-state index in [2.05, 4.69) is 254 Å². The Bertz CT molecular complexity index is 4190. The van der Waals surface area contributed by atoms with Crippen LogP contribution in [0.25, 0.3) is 91.1 Å². The second-order valence-electron chi connectivity index (χ2n) is 18.3. The Hall–Kier alpha value is -8.48. The normalized spacial score (nSPS) is 11.6. The molecule has 3 nitrogen and oxygen atoms in total. The van der Waals surface area contributed by atoms with E-state index in [-0.39, 0.29) is 0 Å². The van der Waals surface area contributed by atoms with Crippen LogP contribution in [0.2, 0.25) is 0 Å². The Morgan fingerprint density at radius 1 is 0.423 bits per heavy atom. The number of hydrogen-bond donors (Lipinski definition) is 0. The second kappa shape index (κ2) is 17.2. The number of para-hydroxylation sites is 1. The number of anilines is 6. The molecule has 0 amide bonds. The summed E-state index contributed by atoms with van der Waals surface area (Å²) in [5.41, 5.74) is 16.0. The van der Waals surface area contributed by atoms with E-state index in [9.17, 15) is 0 Å². The first-order valence-electron chi connectivity index (χ1n) is 24.1. The molecule has 0 spiro atoms. The van der Waals surface area contributed by atoms with E-state index in [1.165, 1.54) is 78.9 Å². The van der Waals surface area contributed by atoms with Gasteiger partial charge in [-0.15, -0.1) is 22.7 Å². The maximum absolute atomic E-state index is 4.05. The molecule has 0 saturated heterocycles. The summed E-state index contributed by atoms with van der Waals surface area (Å²) < 4.78 is 6.36. The minimum absolute atomic E-state index is 1.07. The standard InChI is InChI=1S/C66H47N3S2/c1-5-44-29-34-47(35-30-44)67(48-36-31-45(6-2)32-37-48)60-26-15-23-55-63-54-22-14-25-59(64(54)69(66(63)71-65(55)60)58-24-13-18-46-17-8-10-20-52(46)58)68(49-33-28-43(4)56(40-49)51-19-9-7-16-42(51)3)50-38-39-62-57(41-50)53-21-11-12-27-61(53)70-62/h5-41H,1-2H2,3-4H3. The van der Waals surface area contributed by atoms with Gasteiger partial charge in [0.25, 0.3) is 0 Å². The Morgan fingerprint density at radius 3 is 1.75 bits per heavy atom. The summed E-state index contributed by atoms with van der Waals surface area (Å²) in [6, 6.07) is 78.2. The van der Waals surface area contributed by atoms with Crippen LogP contribution in [-0.4, -0.2) is 4.57 Å². The third kappa shape index (κ3) is 6.99. The van der Waals surface area contributed by atoms with Crippen LogP contribution >= 0.6 is 22.7 Å². The largest absolute Gasteiger partial charge is 0.309 e. The topological polar surface area (TPSA) is 11.4 Å². The van der Waals surface area contributed by atoms with Crippen molar-refractivity contribution >= 4 is 131 Å². The highest BCUT2D eigenvalue weighted by Gasteiger charge is 2.27. The van der Waals surface area contributed by atoms with Crippen LogP contribution in [0.15, 0.2) is 225 Å². The third-order valence-corrected chi connectivity index (χ3v) is 16.5. The molecule has 5 heteroatoms. The molecule has 13 aromatic rings. The second-order valence-corrected chi connectivity index (χ2v) is 20.4. The fourth-order valence-electron chi connectivity index (χ4n) is 10.7. The van der Waals surface area contributed by atoms with Gasteiger partial charge < -0.3 is 9.80 Å². The molecule has 13 rings (SSSR count). The SMILES string of the molecule is C=Cc1ccc(N(c2ccc(C=C)cc2)c2cccc3c2sc2c3c3cccc(N(c4ccc(C)c(-c5ccccc5C)c4)c4ccc5sc6ccccc6c5c4)c3n2-c2cccc3ccccc23)cc1. The molecule has 3 aromatic heterocycles. The number of nitrogens with zero attached hydrogens (tertiary/aromatic N) is 3. The van der Waals surface area contributed by atoms with Gasteiger partial charge in [0.2, 0.25) is 0 Å². The maximum Gasteiger partial charge on any atom is 0.109 e. The van der Waals surface area contributed by atoms with Crippen LogP contribution in [-0.2, 0) is 0 Å². The summed E-state index contributed by atoms with van der Waals surface area (Å²) in [4.78, 5) is 6.09. The Labute approximate surface area is 421 Å². The molecule has 0 aliphatic carbocycles. The number of aromatic nitrogens is 1. The van der Waals surface area contributed by atoms with E-state index in [1.54, 1.807) is 0 Å². The van der Waals surface area contributed by atoms with Gasteiger partial charge in [-0.25, -0.2) is 0 Å². The lowest BCUT2D eigenvalue weighted by Crippen LogP contribution is -2.12. The van der Waals surface area contributed by atoms with Gasteiger partial charge in [0.15, 0.2) is 0 Å². The van der Waals surface area contributed by atoms with E-state index in [0.717, 1.165) is 56.5 Å². The summed E-state index contributed by atoms with van der Waals surface area (Å²) >= 11 is 3.72. The molecule has 0 fully saturated rings. The van der Waals surface area contributed by atoms with Crippen LogP contribution < -0.4 is 9.80 Å². The van der Waals surface area contributed by atoms with Crippen molar-refractivity contribution < 1.29 is 0 Å². The Kier molecular flexibility index (Phi) is 10.3. The Morgan fingerprint density at radius 2 is 0.986 bits per heavy atom. The summed E-state index contributed by atoms with van der Waals surface area (Å²) in [6.45, 7) is 12.5. The molecule has 3 heterocycles. The molecule has 0 N–H and O–H groups in total. The van der Waals surface area contributed by atoms with E-state index in [4.69, 9.17) is 0 Å².